The maximum absolute atomic E-state index is 12.5. The van der Waals surface area contributed by atoms with Gasteiger partial charge in [0.15, 0.2) is 0 Å². The third-order valence-corrected chi connectivity index (χ3v) is 6.38. The summed E-state index contributed by atoms with van der Waals surface area (Å²) in [7, 11) is -3.58. The molecule has 1 aromatic heterocycles. The molecule has 0 radical (unpaired) electrons. The molecule has 7 heteroatoms. The van der Waals surface area contributed by atoms with Crippen molar-refractivity contribution in [3.8, 4) is 11.1 Å². The molecule has 0 unspecified atom stereocenters. The van der Waals surface area contributed by atoms with E-state index in [1.165, 1.54) is 11.3 Å². The Bertz CT molecular complexity index is 1010. The topological polar surface area (TPSA) is 75.3 Å². The van der Waals surface area contributed by atoms with E-state index in [2.05, 4.69) is 10.0 Å². The fraction of sp³-hybridized carbons (Fsp3) is 0.150. The van der Waals surface area contributed by atoms with E-state index in [0.29, 0.717) is 4.88 Å². The largest absolute Gasteiger partial charge is 0.350 e. The Kier molecular flexibility index (Phi) is 6.05. The highest BCUT2D eigenvalue weighted by atomic mass is 32.2. The molecule has 0 fully saturated rings. The van der Waals surface area contributed by atoms with Crippen LogP contribution in [0.4, 0.5) is 0 Å². The van der Waals surface area contributed by atoms with Gasteiger partial charge in [0.05, 0.1) is 9.77 Å². The van der Waals surface area contributed by atoms with Crippen LogP contribution in [0.15, 0.2) is 70.9 Å². The van der Waals surface area contributed by atoms with Crippen LogP contribution < -0.4 is 10.0 Å². The molecule has 0 atom stereocenters. The van der Waals surface area contributed by atoms with Crippen molar-refractivity contribution in [3.05, 3.63) is 76.5 Å². The molecule has 140 valence electrons. The fourth-order valence-electron chi connectivity index (χ4n) is 2.57. The normalized spacial score (nSPS) is 11.3. The number of benzene rings is 2. The van der Waals surface area contributed by atoms with Gasteiger partial charge in [-0.1, -0.05) is 48.0 Å². The van der Waals surface area contributed by atoms with Gasteiger partial charge in [0, 0.05) is 18.7 Å². The minimum absolute atomic E-state index is 0.119. The van der Waals surface area contributed by atoms with Gasteiger partial charge in [-0.15, -0.1) is 11.3 Å². The third-order valence-electron chi connectivity index (χ3n) is 3.99. The lowest BCUT2D eigenvalue weighted by Gasteiger charge is -2.09. The van der Waals surface area contributed by atoms with E-state index in [1.807, 2.05) is 48.7 Å². The van der Waals surface area contributed by atoms with Gasteiger partial charge in [-0.25, -0.2) is 13.1 Å². The summed E-state index contributed by atoms with van der Waals surface area (Å²) in [6.07, 6.45) is 0. The van der Waals surface area contributed by atoms with E-state index < -0.39 is 10.0 Å². The van der Waals surface area contributed by atoms with Gasteiger partial charge in [0.1, 0.15) is 0 Å². The smallest absolute Gasteiger partial charge is 0.262 e. The number of amides is 1. The van der Waals surface area contributed by atoms with Gasteiger partial charge in [-0.2, -0.15) is 0 Å². The predicted molar refractivity (Wildman–Crippen MR) is 108 cm³/mol. The first kappa shape index (κ1) is 19.3. The van der Waals surface area contributed by atoms with Crippen LogP contribution in [0.5, 0.6) is 0 Å². The van der Waals surface area contributed by atoms with Crippen LogP contribution >= 0.6 is 11.3 Å². The van der Waals surface area contributed by atoms with E-state index in [9.17, 15) is 13.2 Å². The minimum Gasteiger partial charge on any atom is -0.350 e. The summed E-state index contributed by atoms with van der Waals surface area (Å²) in [5.74, 6) is -0.210. The van der Waals surface area contributed by atoms with E-state index >= 15 is 0 Å². The van der Waals surface area contributed by atoms with Crippen LogP contribution in [-0.2, 0) is 10.0 Å². The molecule has 0 spiro atoms. The molecule has 3 rings (SSSR count). The molecule has 5 nitrogen and oxygen atoms in total. The van der Waals surface area contributed by atoms with Gasteiger partial charge in [0.2, 0.25) is 10.0 Å². The highest BCUT2D eigenvalue weighted by molar-refractivity contribution is 7.89. The summed E-state index contributed by atoms with van der Waals surface area (Å²) in [5, 5.41) is 4.65. The monoisotopic (exact) mass is 400 g/mol. The quantitative estimate of drug-likeness (QED) is 0.597. The lowest BCUT2D eigenvalue weighted by Crippen LogP contribution is -2.34. The van der Waals surface area contributed by atoms with Crippen molar-refractivity contribution in [1.29, 1.82) is 0 Å². The molecule has 0 aliphatic rings. The van der Waals surface area contributed by atoms with Gasteiger partial charge in [-0.05, 0) is 36.1 Å². The van der Waals surface area contributed by atoms with Crippen LogP contribution in [0.1, 0.15) is 15.2 Å². The molecule has 2 aromatic carbocycles. The molecule has 1 heterocycles. The van der Waals surface area contributed by atoms with Gasteiger partial charge in [-0.3, -0.25) is 4.79 Å². The molecule has 27 heavy (non-hydrogen) atoms. The zero-order valence-electron chi connectivity index (χ0n) is 14.8. The first-order valence-electron chi connectivity index (χ1n) is 8.45. The molecule has 0 aliphatic heterocycles. The van der Waals surface area contributed by atoms with E-state index in [-0.39, 0.29) is 23.9 Å². The molecule has 0 saturated carbocycles. The maximum Gasteiger partial charge on any atom is 0.262 e. The Morgan fingerprint density at radius 2 is 1.67 bits per heavy atom. The second-order valence-corrected chi connectivity index (χ2v) is 8.68. The Labute approximate surface area is 163 Å². The second-order valence-electron chi connectivity index (χ2n) is 6.00. The fourth-order valence-corrected chi connectivity index (χ4v) is 4.44. The molecular weight excluding hydrogens is 380 g/mol. The molecule has 3 aromatic rings. The zero-order valence-corrected chi connectivity index (χ0v) is 16.4. The van der Waals surface area contributed by atoms with E-state index in [1.54, 1.807) is 24.3 Å². The second kappa shape index (κ2) is 8.47. The van der Waals surface area contributed by atoms with E-state index in [4.69, 9.17) is 0 Å². The van der Waals surface area contributed by atoms with E-state index in [0.717, 1.165) is 16.7 Å². The summed E-state index contributed by atoms with van der Waals surface area (Å²) in [6, 6.07) is 18.2. The van der Waals surface area contributed by atoms with Crippen molar-refractivity contribution in [2.75, 3.05) is 13.1 Å². The maximum atomic E-state index is 12.5. The van der Waals surface area contributed by atoms with Crippen molar-refractivity contribution in [2.45, 2.75) is 11.8 Å². The van der Waals surface area contributed by atoms with Crippen molar-refractivity contribution in [3.63, 3.8) is 0 Å². The molecular formula is C20H20N2O3S2. The first-order chi connectivity index (χ1) is 13.0. The number of carbonyl (C=O) groups is 1. The van der Waals surface area contributed by atoms with Gasteiger partial charge < -0.3 is 5.32 Å². The molecule has 0 saturated heterocycles. The Hall–Kier alpha value is -2.48. The van der Waals surface area contributed by atoms with Crippen LogP contribution in [-0.4, -0.2) is 27.4 Å². The lowest BCUT2D eigenvalue weighted by molar-refractivity contribution is 0.0959. The SMILES string of the molecule is Cc1ccc(S(=O)(=O)NCCNC(=O)c2sccc2-c2ccccc2)cc1. The molecule has 0 bridgehead atoms. The number of hydrogen-bond donors (Lipinski definition) is 2. The van der Waals surface area contributed by atoms with Crippen LogP contribution in [0.25, 0.3) is 11.1 Å². The number of nitrogens with one attached hydrogen (secondary N) is 2. The van der Waals surface area contributed by atoms with Crippen LogP contribution in [0.2, 0.25) is 0 Å². The third kappa shape index (κ3) is 4.82. The number of rotatable bonds is 7. The summed E-state index contributed by atoms with van der Waals surface area (Å²) >= 11 is 1.36. The molecule has 2 N–H and O–H groups in total. The molecule has 1 amide bonds. The van der Waals surface area contributed by atoms with Crippen molar-refractivity contribution < 1.29 is 13.2 Å². The number of carbonyl (C=O) groups excluding carboxylic acids is 1. The van der Waals surface area contributed by atoms with Crippen molar-refractivity contribution >= 4 is 27.3 Å². The number of hydrogen-bond acceptors (Lipinski definition) is 4. The summed E-state index contributed by atoms with van der Waals surface area (Å²) in [6.45, 7) is 2.22. The predicted octanol–water partition coefficient (Wildman–Crippen LogP) is 3.43. The lowest BCUT2D eigenvalue weighted by atomic mass is 10.1. The van der Waals surface area contributed by atoms with Crippen molar-refractivity contribution in [2.24, 2.45) is 0 Å². The minimum atomic E-state index is -3.58. The summed E-state index contributed by atoms with van der Waals surface area (Å²) < 4.78 is 27.0. The average Bonchev–Trinajstić information content (AvgIpc) is 3.16. The Morgan fingerprint density at radius 3 is 2.37 bits per heavy atom. The highest BCUT2D eigenvalue weighted by Crippen LogP contribution is 2.27. The van der Waals surface area contributed by atoms with Crippen LogP contribution in [0, 0.1) is 6.92 Å². The first-order valence-corrected chi connectivity index (χ1v) is 10.8. The highest BCUT2D eigenvalue weighted by Gasteiger charge is 2.15. The number of sulfonamides is 1. The summed E-state index contributed by atoms with van der Waals surface area (Å²) in [5.41, 5.74) is 2.84. The van der Waals surface area contributed by atoms with Gasteiger partial charge in [0.25, 0.3) is 5.91 Å². The standard InChI is InChI=1S/C20H20N2O3S2/c1-15-7-9-17(10-8-15)27(24,25)22-13-12-21-20(23)19-18(11-14-26-19)16-5-3-2-4-6-16/h2-11,14,22H,12-13H2,1H3,(H,21,23). The zero-order chi connectivity index (χ0) is 19.3. The van der Waals surface area contributed by atoms with Gasteiger partial charge >= 0.3 is 0 Å². The van der Waals surface area contributed by atoms with Crippen molar-refractivity contribution in [1.82, 2.24) is 10.0 Å². The number of aryl methyl sites for hydroxylation is 1. The average molecular weight is 401 g/mol. The Balaban J connectivity index is 1.56. The summed E-state index contributed by atoms with van der Waals surface area (Å²) in [4.78, 5) is 13.3. The number of thiophene rings is 1. The van der Waals surface area contributed by atoms with Crippen LogP contribution in [0.3, 0.4) is 0 Å². The molecule has 0 aliphatic carbocycles. The Morgan fingerprint density at radius 1 is 0.963 bits per heavy atom.